The molecule has 0 aliphatic carbocycles. The summed E-state index contributed by atoms with van der Waals surface area (Å²) in [7, 11) is 2.13. The highest BCUT2D eigenvalue weighted by Gasteiger charge is 2.38. The van der Waals surface area contributed by atoms with Gasteiger partial charge in [0.1, 0.15) is 0 Å². The van der Waals surface area contributed by atoms with Gasteiger partial charge in [0.2, 0.25) is 11.9 Å². The van der Waals surface area contributed by atoms with Crippen LogP contribution in [0.25, 0.3) is 6.08 Å². The molecule has 2 aromatic heterocycles. The molecule has 0 spiro atoms. The molecule has 2 atom stereocenters. The van der Waals surface area contributed by atoms with Gasteiger partial charge in [-0.15, -0.1) is 0 Å². The fraction of sp³-hybridized carbons (Fsp3) is 0.520. The Kier molecular flexibility index (Phi) is 6.37. The van der Waals surface area contributed by atoms with Crippen molar-refractivity contribution in [3.05, 3.63) is 53.2 Å². The number of likely N-dealkylation sites (N-methyl/N-ethyl adjacent to an activating group) is 1. The Hall–Kier alpha value is -2.84. The Morgan fingerprint density at radius 1 is 1.18 bits per heavy atom. The van der Waals surface area contributed by atoms with Crippen LogP contribution in [0.1, 0.15) is 48.9 Å². The smallest absolute Gasteiger partial charge is 0.230 e. The third-order valence-electron chi connectivity index (χ3n) is 7.09. The molecule has 5 rings (SSSR count). The van der Waals surface area contributed by atoms with Crippen LogP contribution < -0.4 is 5.32 Å². The fourth-order valence-corrected chi connectivity index (χ4v) is 5.16. The van der Waals surface area contributed by atoms with Crippen LogP contribution >= 0.6 is 0 Å². The second kappa shape index (κ2) is 9.57. The molecule has 5 heterocycles. The number of hydrogen-bond acceptors (Lipinski definition) is 7. The lowest BCUT2D eigenvalue weighted by Crippen LogP contribution is -2.45. The predicted octanol–water partition coefficient (Wildman–Crippen LogP) is 2.90. The van der Waals surface area contributed by atoms with Crippen molar-refractivity contribution in [3.8, 4) is 0 Å². The van der Waals surface area contributed by atoms with Gasteiger partial charge in [-0.05, 0) is 63.6 Å². The van der Waals surface area contributed by atoms with Gasteiger partial charge >= 0.3 is 0 Å². The zero-order valence-corrected chi connectivity index (χ0v) is 19.4. The zero-order valence-electron chi connectivity index (χ0n) is 19.4. The molecular weight excluding hydrogens is 416 g/mol. The molecule has 2 aromatic rings. The molecule has 2 saturated heterocycles. The highest BCUT2D eigenvalue weighted by Crippen LogP contribution is 2.35. The molecule has 33 heavy (non-hydrogen) atoms. The van der Waals surface area contributed by atoms with Gasteiger partial charge in [0.25, 0.3) is 0 Å². The van der Waals surface area contributed by atoms with Crippen LogP contribution in [0.3, 0.4) is 0 Å². The second-order valence-corrected chi connectivity index (χ2v) is 9.38. The number of aromatic nitrogens is 3. The first-order chi connectivity index (χ1) is 16.1. The maximum Gasteiger partial charge on any atom is 0.230 e. The molecule has 8 nitrogen and oxygen atoms in total. The van der Waals surface area contributed by atoms with E-state index in [1.807, 2.05) is 48.6 Å². The average molecular weight is 449 g/mol. The summed E-state index contributed by atoms with van der Waals surface area (Å²) in [6.07, 6.45) is 10.3. The van der Waals surface area contributed by atoms with E-state index in [2.05, 4.69) is 27.2 Å². The van der Waals surface area contributed by atoms with Gasteiger partial charge in [-0.1, -0.05) is 0 Å². The van der Waals surface area contributed by atoms with Crippen LogP contribution in [0, 0.1) is 5.92 Å². The molecule has 1 N–H and O–H groups in total. The number of carbonyl (C=O) groups is 1. The van der Waals surface area contributed by atoms with Gasteiger partial charge < -0.3 is 19.9 Å². The summed E-state index contributed by atoms with van der Waals surface area (Å²) in [6.45, 7) is 5.81. The van der Waals surface area contributed by atoms with E-state index in [0.29, 0.717) is 18.5 Å². The summed E-state index contributed by atoms with van der Waals surface area (Å²) in [4.78, 5) is 31.5. The monoisotopic (exact) mass is 448 g/mol. The van der Waals surface area contributed by atoms with E-state index in [0.717, 1.165) is 62.5 Å². The minimum absolute atomic E-state index is 0.0600. The van der Waals surface area contributed by atoms with E-state index < -0.39 is 0 Å². The number of amides is 1. The van der Waals surface area contributed by atoms with Crippen molar-refractivity contribution >= 4 is 17.9 Å². The Morgan fingerprint density at radius 3 is 2.76 bits per heavy atom. The van der Waals surface area contributed by atoms with Gasteiger partial charge in [0.15, 0.2) is 0 Å². The number of fused-ring (bicyclic) bond motifs is 1. The second-order valence-electron chi connectivity index (χ2n) is 9.38. The molecular formula is C25H32N6O2. The van der Waals surface area contributed by atoms with E-state index >= 15 is 0 Å². The minimum Gasteiger partial charge on any atom is -0.381 e. The number of nitrogens with one attached hydrogen (secondary N) is 1. The lowest BCUT2D eigenvalue weighted by molar-refractivity contribution is -0.136. The molecule has 174 valence electrons. The van der Waals surface area contributed by atoms with Crippen molar-refractivity contribution in [2.24, 2.45) is 5.92 Å². The first-order valence-electron chi connectivity index (χ1n) is 11.9. The number of rotatable bonds is 4. The highest BCUT2D eigenvalue weighted by molar-refractivity contribution is 5.83. The Labute approximate surface area is 195 Å². The zero-order chi connectivity index (χ0) is 22.8. The molecule has 0 radical (unpaired) electrons. The van der Waals surface area contributed by atoms with Gasteiger partial charge in [0.05, 0.1) is 12.2 Å². The summed E-state index contributed by atoms with van der Waals surface area (Å²) >= 11 is 0. The number of hydrogen-bond donors (Lipinski definition) is 1. The van der Waals surface area contributed by atoms with Crippen LogP contribution in [0.2, 0.25) is 0 Å². The maximum absolute atomic E-state index is 13.8. The van der Waals surface area contributed by atoms with Crippen molar-refractivity contribution in [1.82, 2.24) is 24.8 Å². The first-order valence-corrected chi connectivity index (χ1v) is 11.9. The van der Waals surface area contributed by atoms with Gasteiger partial charge in [0, 0.05) is 67.5 Å². The molecule has 8 heteroatoms. The Balaban J connectivity index is 1.35. The number of anilines is 1. The molecule has 0 aromatic carbocycles. The maximum atomic E-state index is 13.8. The van der Waals surface area contributed by atoms with Crippen molar-refractivity contribution in [2.75, 3.05) is 38.7 Å². The molecule has 2 fully saturated rings. The molecule has 0 saturated carbocycles. The number of likely N-dealkylation sites (tertiary alicyclic amines) is 1. The molecule has 3 aliphatic heterocycles. The largest absolute Gasteiger partial charge is 0.381 e. The normalized spacial score (nSPS) is 24.2. The molecule has 0 unspecified atom stereocenters. The summed E-state index contributed by atoms with van der Waals surface area (Å²) < 4.78 is 5.45. The van der Waals surface area contributed by atoms with E-state index in [1.165, 1.54) is 5.56 Å². The van der Waals surface area contributed by atoms with Gasteiger partial charge in [-0.2, -0.15) is 0 Å². The lowest BCUT2D eigenvalue weighted by Gasteiger charge is -2.39. The summed E-state index contributed by atoms with van der Waals surface area (Å²) in [5.74, 6) is 0.914. The van der Waals surface area contributed by atoms with Crippen molar-refractivity contribution in [2.45, 2.75) is 44.7 Å². The van der Waals surface area contributed by atoms with Crippen LogP contribution in [0.4, 0.5) is 5.95 Å². The number of piperidine rings is 1. The van der Waals surface area contributed by atoms with Gasteiger partial charge in [-0.3, -0.25) is 9.78 Å². The van der Waals surface area contributed by atoms with Crippen LogP contribution in [0.5, 0.6) is 0 Å². The van der Waals surface area contributed by atoms with E-state index in [9.17, 15) is 4.79 Å². The number of carbonyl (C=O) groups excluding carboxylic acids is 1. The van der Waals surface area contributed by atoms with Crippen LogP contribution in [0.15, 0.2) is 36.4 Å². The highest BCUT2D eigenvalue weighted by atomic mass is 16.5. The summed E-state index contributed by atoms with van der Waals surface area (Å²) in [5, 5.41) is 3.45. The molecule has 0 bridgehead atoms. The quantitative estimate of drug-likeness (QED) is 0.770. The molecule has 3 aliphatic rings. The van der Waals surface area contributed by atoms with Gasteiger partial charge in [-0.25, -0.2) is 9.97 Å². The number of ether oxygens (including phenoxy) is 1. The van der Waals surface area contributed by atoms with Crippen molar-refractivity contribution < 1.29 is 9.53 Å². The summed E-state index contributed by atoms with van der Waals surface area (Å²) in [6, 6.07) is 4.41. The van der Waals surface area contributed by atoms with E-state index in [4.69, 9.17) is 9.72 Å². The molecule has 1 amide bonds. The SMILES string of the molecule is CC1=Cc2cnc(NC3CCOCC3)nc2CN1C(=O)[C@@H]1CCN(C)C[C@H]1c1ccncc1. The standard InChI is InChI=1S/C25H32N6O2/c1-17-13-19-14-27-25(28-20-6-11-33-12-7-20)29-23(19)16-31(17)24(32)21-5-10-30(2)15-22(21)18-3-8-26-9-4-18/h3-4,8-9,13-14,20-22H,5-7,10-12,15-16H2,1-2H3,(H,27,28,29)/t21-,22+/m1/s1. The number of nitrogens with zero attached hydrogens (tertiary/aromatic N) is 5. The topological polar surface area (TPSA) is 83.5 Å². The first kappa shape index (κ1) is 22.0. The minimum atomic E-state index is -0.0600. The lowest BCUT2D eigenvalue weighted by atomic mass is 9.80. The third-order valence-corrected chi connectivity index (χ3v) is 7.09. The van der Waals surface area contributed by atoms with E-state index in [-0.39, 0.29) is 17.7 Å². The van der Waals surface area contributed by atoms with Crippen molar-refractivity contribution in [1.29, 1.82) is 0 Å². The fourth-order valence-electron chi connectivity index (χ4n) is 5.16. The number of pyridine rings is 1. The predicted molar refractivity (Wildman–Crippen MR) is 126 cm³/mol. The third kappa shape index (κ3) is 4.77. The Bertz CT molecular complexity index is 1020. The van der Waals surface area contributed by atoms with Crippen molar-refractivity contribution in [3.63, 3.8) is 0 Å². The summed E-state index contributed by atoms with van der Waals surface area (Å²) in [5.41, 5.74) is 4.02. The van der Waals surface area contributed by atoms with E-state index in [1.54, 1.807) is 0 Å². The van der Waals surface area contributed by atoms with Crippen LogP contribution in [-0.4, -0.2) is 70.1 Å². The average Bonchev–Trinajstić information content (AvgIpc) is 2.84. The number of allylic oxidation sites excluding steroid dienone is 1. The van der Waals surface area contributed by atoms with Crippen LogP contribution in [-0.2, 0) is 16.1 Å². The Morgan fingerprint density at radius 2 is 1.97 bits per heavy atom.